The highest BCUT2D eigenvalue weighted by atomic mass is 16.1. The molecule has 0 aromatic carbocycles. The van der Waals surface area contributed by atoms with E-state index in [0.717, 1.165) is 0 Å². The topological polar surface area (TPSA) is 66.9 Å². The molecule has 0 saturated carbocycles. The Labute approximate surface area is 36.3 Å². The first-order valence-electron chi connectivity index (χ1n) is 1.72. The second-order valence-corrected chi connectivity index (χ2v) is 0.962. The minimum atomic E-state index is -0.586. The minimum absolute atomic E-state index is 0.181. The smallest absolute Gasteiger partial charge is 0.239 e. The summed E-state index contributed by atoms with van der Waals surface area (Å²) in [5.74, 6) is -0.586. The van der Waals surface area contributed by atoms with Crippen LogP contribution in [0, 0.1) is 0 Å². The Morgan fingerprint density at radius 2 is 2.33 bits per heavy atom. The molecular formula is C3H7N2O. The fourth-order valence-corrected chi connectivity index (χ4v) is 0.131. The molecule has 6 heavy (non-hydrogen) atoms. The first-order chi connectivity index (χ1) is 2.77. The molecule has 0 unspecified atom stereocenters. The van der Waals surface area contributed by atoms with Gasteiger partial charge in [0.2, 0.25) is 5.91 Å². The standard InChI is InChI=1S/C3H7N2O/c4-2-1-3(5)6/h5H,1-2,4H2. The van der Waals surface area contributed by atoms with E-state index in [-0.39, 0.29) is 6.42 Å². The number of carbonyl (C=O) groups excluding carboxylic acids is 1. The van der Waals surface area contributed by atoms with Crippen molar-refractivity contribution >= 4 is 5.91 Å². The van der Waals surface area contributed by atoms with Crippen molar-refractivity contribution in [2.24, 2.45) is 5.73 Å². The first-order valence-corrected chi connectivity index (χ1v) is 1.72. The van der Waals surface area contributed by atoms with Gasteiger partial charge in [0.15, 0.2) is 0 Å². The fourth-order valence-electron chi connectivity index (χ4n) is 0.131. The molecule has 0 aromatic heterocycles. The normalized spacial score (nSPS) is 8.17. The highest BCUT2D eigenvalue weighted by molar-refractivity contribution is 5.72. The third kappa shape index (κ3) is 3.43. The van der Waals surface area contributed by atoms with Gasteiger partial charge in [-0.3, -0.25) is 10.5 Å². The minimum Gasteiger partial charge on any atom is -0.330 e. The molecule has 0 fully saturated rings. The Hall–Kier alpha value is -0.570. The van der Waals surface area contributed by atoms with E-state index >= 15 is 0 Å². The van der Waals surface area contributed by atoms with Crippen LogP contribution in [-0.4, -0.2) is 12.5 Å². The zero-order valence-corrected chi connectivity index (χ0v) is 3.40. The van der Waals surface area contributed by atoms with Gasteiger partial charge in [0.25, 0.3) is 0 Å². The van der Waals surface area contributed by atoms with Crippen LogP contribution in [0.25, 0.3) is 0 Å². The Bertz CT molecular complexity index is 52.8. The lowest BCUT2D eigenvalue weighted by atomic mass is 10.4. The van der Waals surface area contributed by atoms with Crippen molar-refractivity contribution in [1.82, 2.24) is 5.73 Å². The SMILES string of the molecule is [NH]C(=O)CCN. The van der Waals surface area contributed by atoms with Crippen LogP contribution in [0.4, 0.5) is 0 Å². The summed E-state index contributed by atoms with van der Waals surface area (Å²) in [6.45, 7) is 0.294. The second-order valence-electron chi connectivity index (χ2n) is 0.962. The summed E-state index contributed by atoms with van der Waals surface area (Å²) in [5, 5.41) is 0. The number of nitrogens with one attached hydrogen (secondary N) is 1. The molecule has 3 nitrogen and oxygen atoms in total. The van der Waals surface area contributed by atoms with Crippen molar-refractivity contribution in [2.75, 3.05) is 6.54 Å². The Balaban J connectivity index is 2.83. The maximum atomic E-state index is 9.63. The third-order valence-corrected chi connectivity index (χ3v) is 0.371. The van der Waals surface area contributed by atoms with Gasteiger partial charge in [0, 0.05) is 13.0 Å². The third-order valence-electron chi connectivity index (χ3n) is 0.371. The molecule has 1 radical (unpaired) electrons. The maximum absolute atomic E-state index is 9.63. The predicted octanol–water partition coefficient (Wildman–Crippen LogP) is -0.855. The first kappa shape index (κ1) is 5.43. The molecule has 0 rings (SSSR count). The molecule has 35 valence electrons. The molecule has 3 heteroatoms. The van der Waals surface area contributed by atoms with Crippen LogP contribution in [0.1, 0.15) is 6.42 Å². The van der Waals surface area contributed by atoms with E-state index in [1.54, 1.807) is 0 Å². The van der Waals surface area contributed by atoms with E-state index in [0.29, 0.717) is 6.54 Å². The van der Waals surface area contributed by atoms with E-state index in [1.807, 2.05) is 0 Å². The Kier molecular flexibility index (Phi) is 2.40. The van der Waals surface area contributed by atoms with E-state index in [1.165, 1.54) is 0 Å². The van der Waals surface area contributed by atoms with Crippen molar-refractivity contribution in [3.05, 3.63) is 0 Å². The summed E-state index contributed by atoms with van der Waals surface area (Å²) >= 11 is 0. The van der Waals surface area contributed by atoms with Gasteiger partial charge >= 0.3 is 0 Å². The van der Waals surface area contributed by atoms with Crippen LogP contribution in [0.5, 0.6) is 0 Å². The highest BCUT2D eigenvalue weighted by Gasteiger charge is 1.86. The van der Waals surface area contributed by atoms with Crippen molar-refractivity contribution in [3.63, 3.8) is 0 Å². The summed E-state index contributed by atoms with van der Waals surface area (Å²) in [7, 11) is 0. The molecule has 0 aromatic rings. The van der Waals surface area contributed by atoms with Gasteiger partial charge in [-0.15, -0.1) is 0 Å². The lowest BCUT2D eigenvalue weighted by Crippen LogP contribution is -2.07. The van der Waals surface area contributed by atoms with E-state index in [9.17, 15) is 4.79 Å². The molecule has 0 aliphatic carbocycles. The van der Waals surface area contributed by atoms with Crippen LogP contribution in [-0.2, 0) is 4.79 Å². The second kappa shape index (κ2) is 2.66. The van der Waals surface area contributed by atoms with Crippen LogP contribution in [0.3, 0.4) is 0 Å². The van der Waals surface area contributed by atoms with E-state index < -0.39 is 5.91 Å². The van der Waals surface area contributed by atoms with Gasteiger partial charge in [-0.25, -0.2) is 0 Å². The lowest BCUT2D eigenvalue weighted by Gasteiger charge is -1.80. The van der Waals surface area contributed by atoms with Crippen LogP contribution in [0.15, 0.2) is 0 Å². The fraction of sp³-hybridized carbons (Fsp3) is 0.667. The van der Waals surface area contributed by atoms with Crippen LogP contribution >= 0.6 is 0 Å². The molecule has 0 saturated heterocycles. The maximum Gasteiger partial charge on any atom is 0.239 e. The lowest BCUT2D eigenvalue weighted by molar-refractivity contribution is -0.118. The monoisotopic (exact) mass is 87.1 g/mol. The molecule has 0 atom stereocenters. The number of amides is 1. The number of hydrogen-bond donors (Lipinski definition) is 1. The molecule has 0 aliphatic heterocycles. The molecular weight excluding hydrogens is 80.0 g/mol. The van der Waals surface area contributed by atoms with E-state index in [4.69, 9.17) is 11.5 Å². The Morgan fingerprint density at radius 3 is 2.33 bits per heavy atom. The average Bonchev–Trinajstić information content (AvgIpc) is 1.35. The van der Waals surface area contributed by atoms with Crippen LogP contribution in [0.2, 0.25) is 0 Å². The Morgan fingerprint density at radius 1 is 1.83 bits per heavy atom. The van der Waals surface area contributed by atoms with Crippen molar-refractivity contribution in [3.8, 4) is 0 Å². The number of nitrogens with two attached hydrogens (primary N) is 1. The number of carbonyl (C=O) groups is 1. The van der Waals surface area contributed by atoms with Gasteiger partial charge in [0.1, 0.15) is 0 Å². The predicted molar refractivity (Wildman–Crippen MR) is 21.8 cm³/mol. The highest BCUT2D eigenvalue weighted by Crippen LogP contribution is 1.66. The van der Waals surface area contributed by atoms with E-state index in [2.05, 4.69) is 0 Å². The molecule has 3 N–H and O–H groups in total. The van der Waals surface area contributed by atoms with Gasteiger partial charge in [0.05, 0.1) is 0 Å². The molecule has 0 spiro atoms. The number of hydrogen-bond acceptors (Lipinski definition) is 2. The molecule has 0 heterocycles. The molecule has 1 amide bonds. The van der Waals surface area contributed by atoms with Gasteiger partial charge in [-0.1, -0.05) is 0 Å². The zero-order chi connectivity index (χ0) is 4.99. The summed E-state index contributed by atoms with van der Waals surface area (Å²) in [6.07, 6.45) is 0.181. The quantitative estimate of drug-likeness (QED) is 0.476. The summed E-state index contributed by atoms with van der Waals surface area (Å²) in [6, 6.07) is 0. The summed E-state index contributed by atoms with van der Waals surface area (Å²) < 4.78 is 0. The van der Waals surface area contributed by atoms with Gasteiger partial charge < -0.3 is 5.73 Å². The van der Waals surface area contributed by atoms with Gasteiger partial charge in [-0.05, 0) is 0 Å². The van der Waals surface area contributed by atoms with Gasteiger partial charge in [-0.2, -0.15) is 0 Å². The number of rotatable bonds is 2. The van der Waals surface area contributed by atoms with Crippen LogP contribution < -0.4 is 11.5 Å². The zero-order valence-electron chi connectivity index (χ0n) is 3.40. The summed E-state index contributed by atoms with van der Waals surface area (Å²) in [5.41, 5.74) is 11.1. The summed E-state index contributed by atoms with van der Waals surface area (Å²) in [4.78, 5) is 9.63. The average molecular weight is 87.1 g/mol. The largest absolute Gasteiger partial charge is 0.330 e. The van der Waals surface area contributed by atoms with Crippen molar-refractivity contribution < 1.29 is 4.79 Å². The molecule has 0 aliphatic rings. The molecule has 0 bridgehead atoms. The van der Waals surface area contributed by atoms with Crippen molar-refractivity contribution in [1.29, 1.82) is 0 Å². The van der Waals surface area contributed by atoms with Crippen molar-refractivity contribution in [2.45, 2.75) is 6.42 Å².